The molecule has 8 heteroatoms. The minimum Gasteiger partial charge on any atom is -0.492 e. The minimum atomic E-state index is -0.419. The summed E-state index contributed by atoms with van der Waals surface area (Å²) >= 11 is 0. The molecule has 0 radical (unpaired) electrons. The van der Waals surface area contributed by atoms with Gasteiger partial charge in [0.05, 0.1) is 26.7 Å². The maximum Gasteiger partial charge on any atom is 0.306 e. The number of hydrogen-bond donors (Lipinski definition) is 1. The average molecular weight is 548 g/mol. The lowest BCUT2D eigenvalue weighted by Crippen LogP contribution is -2.25. The predicted molar refractivity (Wildman–Crippen MR) is 148 cm³/mol. The molecule has 1 heterocycles. The van der Waals surface area contributed by atoms with Crippen LogP contribution in [0.5, 0.6) is 17.2 Å². The molecule has 0 bridgehead atoms. The third kappa shape index (κ3) is 5.62. The number of carbonyl (C=O) groups is 2. The molecule has 0 unspecified atom stereocenters. The quantitative estimate of drug-likeness (QED) is 0.272. The van der Waals surface area contributed by atoms with Gasteiger partial charge in [-0.1, -0.05) is 12.1 Å². The molecule has 1 aliphatic heterocycles. The fourth-order valence-corrected chi connectivity index (χ4v) is 5.80. The Morgan fingerprint density at radius 2 is 1.85 bits per heavy atom. The first-order valence-corrected chi connectivity index (χ1v) is 13.6. The smallest absolute Gasteiger partial charge is 0.306 e. The van der Waals surface area contributed by atoms with Crippen molar-refractivity contribution in [2.24, 2.45) is 0 Å². The van der Waals surface area contributed by atoms with E-state index < -0.39 is 6.10 Å². The topological polar surface area (TPSA) is 83.1 Å². The van der Waals surface area contributed by atoms with Crippen molar-refractivity contribution in [2.75, 3.05) is 26.9 Å². The van der Waals surface area contributed by atoms with Crippen LogP contribution in [-0.2, 0) is 20.7 Å². The van der Waals surface area contributed by atoms with E-state index >= 15 is 4.39 Å². The van der Waals surface area contributed by atoms with Gasteiger partial charge in [-0.25, -0.2) is 4.39 Å². The number of benzene rings is 3. The number of amides is 1. The highest BCUT2D eigenvalue weighted by molar-refractivity contribution is 5.77. The van der Waals surface area contributed by atoms with Crippen molar-refractivity contribution < 1.29 is 32.9 Å². The van der Waals surface area contributed by atoms with E-state index in [2.05, 4.69) is 5.32 Å². The van der Waals surface area contributed by atoms with Gasteiger partial charge in [-0.05, 0) is 78.8 Å². The average Bonchev–Trinajstić information content (AvgIpc) is 3.52. The fourth-order valence-electron chi connectivity index (χ4n) is 5.80. The summed E-state index contributed by atoms with van der Waals surface area (Å²) in [4.78, 5) is 22.8. The molecule has 3 aromatic rings. The van der Waals surface area contributed by atoms with Crippen molar-refractivity contribution in [3.8, 4) is 28.4 Å². The molecule has 1 aliphatic carbocycles. The maximum atomic E-state index is 15.3. The van der Waals surface area contributed by atoms with E-state index in [1.807, 2.05) is 50.2 Å². The number of halogens is 1. The van der Waals surface area contributed by atoms with Crippen LogP contribution in [0.25, 0.3) is 11.1 Å². The van der Waals surface area contributed by atoms with E-state index in [1.165, 1.54) is 20.1 Å². The molecule has 7 nitrogen and oxygen atoms in total. The molecule has 0 saturated carbocycles. The Morgan fingerprint density at radius 1 is 1.07 bits per heavy atom. The van der Waals surface area contributed by atoms with Crippen molar-refractivity contribution in [1.29, 1.82) is 0 Å². The number of rotatable bonds is 9. The summed E-state index contributed by atoms with van der Waals surface area (Å²) in [6.07, 6.45) is 1.20. The largest absolute Gasteiger partial charge is 0.492 e. The molecule has 1 N–H and O–H groups in total. The van der Waals surface area contributed by atoms with Crippen LogP contribution in [0.4, 0.5) is 4.39 Å². The zero-order chi connectivity index (χ0) is 28.4. The van der Waals surface area contributed by atoms with Crippen LogP contribution in [0.1, 0.15) is 59.6 Å². The first-order chi connectivity index (χ1) is 19.2. The maximum absolute atomic E-state index is 15.3. The summed E-state index contributed by atoms with van der Waals surface area (Å²) in [5, 5.41) is 2.72. The molecule has 0 spiro atoms. The number of aryl methyl sites for hydroxylation is 2. The lowest BCUT2D eigenvalue weighted by Gasteiger charge is -2.19. The van der Waals surface area contributed by atoms with Gasteiger partial charge in [0.2, 0.25) is 5.91 Å². The SMILES string of the molecule is COC(=O)C[C@@H]1COc2cc(O[C@@H]3CCc4c(-c5c(C)cc(OCCNC(C)=O)cc5C)ccc(F)c43)ccc21. The predicted octanol–water partition coefficient (Wildman–Crippen LogP) is 5.73. The van der Waals surface area contributed by atoms with Gasteiger partial charge >= 0.3 is 5.97 Å². The van der Waals surface area contributed by atoms with Crippen LogP contribution in [0.15, 0.2) is 42.5 Å². The third-order valence-corrected chi connectivity index (χ3v) is 7.59. The summed E-state index contributed by atoms with van der Waals surface area (Å²) in [6.45, 7) is 6.76. The number of methoxy groups -OCH3 is 1. The molecule has 0 fully saturated rings. The zero-order valence-electron chi connectivity index (χ0n) is 23.3. The van der Waals surface area contributed by atoms with Gasteiger partial charge in [-0.3, -0.25) is 9.59 Å². The van der Waals surface area contributed by atoms with Gasteiger partial charge < -0.3 is 24.3 Å². The highest BCUT2D eigenvalue weighted by atomic mass is 19.1. The molecule has 3 aromatic carbocycles. The summed E-state index contributed by atoms with van der Waals surface area (Å²) in [6, 6.07) is 12.9. The molecule has 2 atom stereocenters. The summed E-state index contributed by atoms with van der Waals surface area (Å²) in [7, 11) is 1.38. The number of hydrogen-bond acceptors (Lipinski definition) is 6. The van der Waals surface area contributed by atoms with E-state index in [4.69, 9.17) is 18.9 Å². The Hall–Kier alpha value is -4.07. The number of esters is 1. The van der Waals surface area contributed by atoms with Crippen LogP contribution in [-0.4, -0.2) is 38.7 Å². The Bertz CT molecular complexity index is 1430. The van der Waals surface area contributed by atoms with Crippen molar-refractivity contribution in [2.45, 2.75) is 52.1 Å². The number of nitrogens with one attached hydrogen (secondary N) is 1. The molecule has 1 amide bonds. The van der Waals surface area contributed by atoms with Crippen LogP contribution in [0.2, 0.25) is 0 Å². The van der Waals surface area contributed by atoms with Crippen molar-refractivity contribution in [3.05, 3.63) is 76.1 Å². The Labute approximate surface area is 233 Å². The number of fused-ring (bicyclic) bond motifs is 2. The van der Waals surface area contributed by atoms with Crippen LogP contribution >= 0.6 is 0 Å². The van der Waals surface area contributed by atoms with Gasteiger partial charge in [-0.2, -0.15) is 0 Å². The van der Waals surface area contributed by atoms with Gasteiger partial charge in [0, 0.05) is 30.0 Å². The molecule has 0 saturated heterocycles. The third-order valence-electron chi connectivity index (χ3n) is 7.59. The Balaban J connectivity index is 1.36. The van der Waals surface area contributed by atoms with Gasteiger partial charge in [-0.15, -0.1) is 0 Å². The first-order valence-electron chi connectivity index (χ1n) is 13.6. The molecular weight excluding hydrogens is 513 g/mol. The molecule has 0 aromatic heterocycles. The second kappa shape index (κ2) is 11.6. The van der Waals surface area contributed by atoms with E-state index in [0.29, 0.717) is 49.7 Å². The molecular formula is C32H34FNO6. The van der Waals surface area contributed by atoms with Crippen molar-refractivity contribution in [3.63, 3.8) is 0 Å². The number of carbonyl (C=O) groups excluding carboxylic acids is 2. The van der Waals surface area contributed by atoms with Crippen molar-refractivity contribution in [1.82, 2.24) is 5.32 Å². The molecule has 210 valence electrons. The van der Waals surface area contributed by atoms with Crippen molar-refractivity contribution >= 4 is 11.9 Å². The monoisotopic (exact) mass is 547 g/mol. The fraction of sp³-hybridized carbons (Fsp3) is 0.375. The van der Waals surface area contributed by atoms with Crippen LogP contribution < -0.4 is 19.5 Å². The number of ether oxygens (including phenoxy) is 4. The highest BCUT2D eigenvalue weighted by Gasteiger charge is 2.32. The van der Waals surface area contributed by atoms with Crippen LogP contribution in [0, 0.1) is 19.7 Å². The lowest BCUT2D eigenvalue weighted by molar-refractivity contribution is -0.141. The summed E-state index contributed by atoms with van der Waals surface area (Å²) in [5.41, 5.74) is 6.64. The summed E-state index contributed by atoms with van der Waals surface area (Å²) in [5.74, 6) is 1.33. The van der Waals surface area contributed by atoms with E-state index in [1.54, 1.807) is 0 Å². The van der Waals surface area contributed by atoms with E-state index in [0.717, 1.165) is 39.1 Å². The van der Waals surface area contributed by atoms with Crippen LogP contribution in [0.3, 0.4) is 0 Å². The van der Waals surface area contributed by atoms with E-state index in [-0.39, 0.29) is 30.0 Å². The van der Waals surface area contributed by atoms with Gasteiger partial charge in [0.15, 0.2) is 0 Å². The molecule has 40 heavy (non-hydrogen) atoms. The molecule has 2 aliphatic rings. The lowest BCUT2D eigenvalue weighted by atomic mass is 9.90. The second-order valence-electron chi connectivity index (χ2n) is 10.4. The Morgan fingerprint density at radius 3 is 2.58 bits per heavy atom. The second-order valence-corrected chi connectivity index (χ2v) is 10.4. The summed E-state index contributed by atoms with van der Waals surface area (Å²) < 4.78 is 38.0. The first kappa shape index (κ1) is 27.5. The normalized spacial score (nSPS) is 17.0. The highest BCUT2D eigenvalue weighted by Crippen LogP contribution is 2.45. The minimum absolute atomic E-state index is 0.0517. The Kier molecular flexibility index (Phi) is 7.96. The zero-order valence-corrected chi connectivity index (χ0v) is 23.3. The van der Waals surface area contributed by atoms with Gasteiger partial charge in [0.1, 0.15) is 35.8 Å². The molecule has 5 rings (SSSR count). The standard InChI is InChI=1S/C32H34FNO6/c1-18-13-23(38-12-11-34-20(3)35)14-19(2)31(18)25-7-9-27(33)32-26(25)8-10-28(32)40-22-5-6-24-21(15-30(36)37-4)17-39-29(24)16-22/h5-7,9,13-14,16,21,28H,8,10-12,15,17H2,1-4H3,(H,34,35)/t21-,28-/m1/s1. The van der Waals surface area contributed by atoms with E-state index in [9.17, 15) is 9.59 Å². The van der Waals surface area contributed by atoms with Gasteiger partial charge in [0.25, 0.3) is 0 Å².